The van der Waals surface area contributed by atoms with Gasteiger partial charge in [-0.2, -0.15) is 4.72 Å². The zero-order valence-electron chi connectivity index (χ0n) is 13.8. The Labute approximate surface area is 151 Å². The molecule has 1 N–H and O–H groups in total. The quantitative estimate of drug-likeness (QED) is 0.596. The normalized spacial score (nSPS) is 10.7. The van der Waals surface area contributed by atoms with Crippen molar-refractivity contribution in [2.75, 3.05) is 13.2 Å². The predicted molar refractivity (Wildman–Crippen MR) is 95.2 cm³/mol. The third-order valence-electron chi connectivity index (χ3n) is 3.30. The number of hydrogen-bond acceptors (Lipinski definition) is 3. The molecular weight excluding hydrogens is 360 g/mol. The first-order chi connectivity index (χ1) is 12.5. The Bertz CT molecular complexity index is 926. The van der Waals surface area contributed by atoms with E-state index in [4.69, 9.17) is 4.74 Å². The Balaban J connectivity index is 1.92. The van der Waals surface area contributed by atoms with Crippen LogP contribution < -0.4 is 9.46 Å². The van der Waals surface area contributed by atoms with Crippen molar-refractivity contribution in [1.82, 2.24) is 4.72 Å². The summed E-state index contributed by atoms with van der Waals surface area (Å²) in [5, 5.41) is 0. The molecule has 0 saturated carbocycles. The molecule has 0 unspecified atom stereocenters. The van der Waals surface area contributed by atoms with Crippen molar-refractivity contribution in [2.45, 2.75) is 11.3 Å². The monoisotopic (exact) mass is 377 g/mol. The number of sulfonamides is 1. The molecule has 0 saturated heterocycles. The van der Waals surface area contributed by atoms with E-state index in [2.05, 4.69) is 18.4 Å². The van der Waals surface area contributed by atoms with Gasteiger partial charge in [0.2, 0.25) is 10.0 Å². The van der Waals surface area contributed by atoms with Gasteiger partial charge in [-0.1, -0.05) is 42.2 Å². The maximum Gasteiger partial charge on any atom is 0.247 e. The summed E-state index contributed by atoms with van der Waals surface area (Å²) in [6.07, 6.45) is 2.40. The number of rotatable bonds is 7. The molecule has 0 bridgehead atoms. The lowest BCUT2D eigenvalue weighted by atomic mass is 10.1. The standard InChI is InChI=1S/C19H17F2NO3S/c1-2-8-15-9-3-4-12-18(15)25-14-6-5-13-22-26(23,24)19-16(20)10-7-11-17(19)21/h2-4,7,9-12,22H,1,8,13-14H2. The molecule has 26 heavy (non-hydrogen) atoms. The molecule has 2 aromatic carbocycles. The minimum Gasteiger partial charge on any atom is -0.481 e. The number of benzene rings is 2. The van der Waals surface area contributed by atoms with E-state index in [0.29, 0.717) is 12.2 Å². The molecular formula is C19H17F2NO3S. The van der Waals surface area contributed by atoms with Crippen LogP contribution in [0.15, 0.2) is 60.0 Å². The lowest BCUT2D eigenvalue weighted by molar-refractivity contribution is 0.366. The van der Waals surface area contributed by atoms with Crippen molar-refractivity contribution in [1.29, 1.82) is 0 Å². The van der Waals surface area contributed by atoms with Crippen molar-refractivity contribution in [3.63, 3.8) is 0 Å². The highest BCUT2D eigenvalue weighted by atomic mass is 32.2. The number of hydrogen-bond donors (Lipinski definition) is 1. The van der Waals surface area contributed by atoms with Gasteiger partial charge < -0.3 is 4.74 Å². The molecule has 0 radical (unpaired) electrons. The van der Waals surface area contributed by atoms with E-state index in [9.17, 15) is 17.2 Å². The van der Waals surface area contributed by atoms with Gasteiger partial charge in [0, 0.05) is 0 Å². The van der Waals surface area contributed by atoms with E-state index < -0.39 is 26.6 Å². The molecule has 0 spiro atoms. The maximum atomic E-state index is 13.5. The fourth-order valence-electron chi connectivity index (χ4n) is 2.14. The molecule has 0 aliphatic carbocycles. The summed E-state index contributed by atoms with van der Waals surface area (Å²) in [6.45, 7) is 3.42. The van der Waals surface area contributed by atoms with Gasteiger partial charge in [0.25, 0.3) is 0 Å². The van der Waals surface area contributed by atoms with Crippen molar-refractivity contribution in [3.8, 4) is 17.6 Å². The van der Waals surface area contributed by atoms with Crippen LogP contribution in [-0.2, 0) is 16.4 Å². The summed E-state index contributed by atoms with van der Waals surface area (Å²) in [4.78, 5) is -1.02. The fraction of sp³-hybridized carbons (Fsp3) is 0.158. The summed E-state index contributed by atoms with van der Waals surface area (Å²) in [5.41, 5.74) is 0.958. The van der Waals surface area contributed by atoms with E-state index in [1.165, 1.54) is 0 Å². The highest BCUT2D eigenvalue weighted by Gasteiger charge is 2.22. The van der Waals surface area contributed by atoms with Gasteiger partial charge in [0.05, 0.1) is 6.54 Å². The number of halogens is 2. The average Bonchev–Trinajstić information content (AvgIpc) is 2.59. The van der Waals surface area contributed by atoms with Gasteiger partial charge in [-0.3, -0.25) is 0 Å². The number of allylic oxidation sites excluding steroid dienone is 1. The number of nitrogens with one attached hydrogen (secondary N) is 1. The van der Waals surface area contributed by atoms with Crippen LogP contribution in [-0.4, -0.2) is 21.6 Å². The Morgan fingerprint density at radius 3 is 2.46 bits per heavy atom. The maximum absolute atomic E-state index is 13.5. The van der Waals surface area contributed by atoms with E-state index in [1.807, 2.05) is 22.9 Å². The first-order valence-electron chi connectivity index (χ1n) is 7.66. The van der Waals surface area contributed by atoms with E-state index in [1.54, 1.807) is 12.1 Å². The highest BCUT2D eigenvalue weighted by molar-refractivity contribution is 7.89. The van der Waals surface area contributed by atoms with Crippen LogP contribution >= 0.6 is 0 Å². The first-order valence-corrected chi connectivity index (χ1v) is 9.15. The summed E-state index contributed by atoms with van der Waals surface area (Å²) < 4.78 is 58.5. The number of para-hydroxylation sites is 1. The molecule has 4 nitrogen and oxygen atoms in total. The third kappa shape index (κ3) is 5.15. The lowest BCUT2D eigenvalue weighted by Crippen LogP contribution is -2.26. The van der Waals surface area contributed by atoms with Crippen LogP contribution in [0, 0.1) is 23.5 Å². The molecule has 0 heterocycles. The van der Waals surface area contributed by atoms with Crippen molar-refractivity contribution in [3.05, 3.63) is 72.3 Å². The smallest absolute Gasteiger partial charge is 0.247 e. The zero-order chi connectivity index (χ0) is 19.0. The van der Waals surface area contributed by atoms with Crippen LogP contribution in [0.1, 0.15) is 5.56 Å². The van der Waals surface area contributed by atoms with Crippen LogP contribution in [0.3, 0.4) is 0 Å². The van der Waals surface area contributed by atoms with Crippen molar-refractivity contribution < 1.29 is 21.9 Å². The van der Waals surface area contributed by atoms with E-state index >= 15 is 0 Å². The molecule has 136 valence electrons. The van der Waals surface area contributed by atoms with Gasteiger partial charge in [0.1, 0.15) is 24.0 Å². The van der Waals surface area contributed by atoms with E-state index in [0.717, 1.165) is 23.8 Å². The summed E-state index contributed by atoms with van der Waals surface area (Å²) in [5.74, 6) is 3.53. The fourth-order valence-corrected chi connectivity index (χ4v) is 3.19. The van der Waals surface area contributed by atoms with Gasteiger partial charge >= 0.3 is 0 Å². The topological polar surface area (TPSA) is 55.4 Å². The summed E-state index contributed by atoms with van der Waals surface area (Å²) in [7, 11) is -4.33. The molecule has 0 atom stereocenters. The van der Waals surface area contributed by atoms with Crippen LogP contribution in [0.5, 0.6) is 5.75 Å². The molecule has 0 aliphatic rings. The molecule has 0 aliphatic heterocycles. The Morgan fingerprint density at radius 1 is 1.08 bits per heavy atom. The van der Waals surface area contributed by atoms with Crippen LogP contribution in [0.4, 0.5) is 8.78 Å². The predicted octanol–water partition coefficient (Wildman–Crippen LogP) is 3.05. The number of ether oxygens (including phenoxy) is 1. The second-order valence-electron chi connectivity index (χ2n) is 5.12. The van der Waals surface area contributed by atoms with Crippen molar-refractivity contribution in [2.24, 2.45) is 0 Å². The summed E-state index contributed by atoms with van der Waals surface area (Å²) in [6, 6.07) is 10.2. The third-order valence-corrected chi connectivity index (χ3v) is 4.75. The second kappa shape index (κ2) is 9.13. The van der Waals surface area contributed by atoms with Crippen molar-refractivity contribution >= 4 is 10.0 Å². The van der Waals surface area contributed by atoms with Crippen LogP contribution in [0.25, 0.3) is 0 Å². The minimum atomic E-state index is -4.33. The SMILES string of the molecule is C=CCc1ccccc1OCC#CCNS(=O)(=O)c1c(F)cccc1F. The van der Waals surface area contributed by atoms with Gasteiger partial charge in [-0.05, 0) is 30.2 Å². The Kier molecular flexibility index (Phi) is 6.89. The Morgan fingerprint density at radius 2 is 1.77 bits per heavy atom. The average molecular weight is 377 g/mol. The molecule has 2 aromatic rings. The largest absolute Gasteiger partial charge is 0.481 e. The highest BCUT2D eigenvalue weighted by Crippen LogP contribution is 2.19. The minimum absolute atomic E-state index is 0.0456. The lowest BCUT2D eigenvalue weighted by Gasteiger charge is -2.07. The van der Waals surface area contributed by atoms with Gasteiger partial charge in [-0.15, -0.1) is 6.58 Å². The summed E-state index contributed by atoms with van der Waals surface area (Å²) >= 11 is 0. The van der Waals surface area contributed by atoms with Gasteiger partial charge in [0.15, 0.2) is 4.90 Å². The molecule has 0 fully saturated rings. The zero-order valence-corrected chi connectivity index (χ0v) is 14.7. The Hall–Kier alpha value is -2.69. The van der Waals surface area contributed by atoms with Gasteiger partial charge in [-0.25, -0.2) is 17.2 Å². The van der Waals surface area contributed by atoms with E-state index in [-0.39, 0.29) is 13.2 Å². The first kappa shape index (κ1) is 19.6. The molecule has 0 amide bonds. The molecule has 0 aromatic heterocycles. The molecule has 2 rings (SSSR count). The van der Waals surface area contributed by atoms with Crippen LogP contribution in [0.2, 0.25) is 0 Å². The molecule has 7 heteroatoms. The second-order valence-corrected chi connectivity index (χ2v) is 6.82.